The minimum atomic E-state index is -0.972. The molecule has 0 N–H and O–H groups in total. The minimum Gasteiger partial charge on any atom is -0.440 e. The number of carbonyl (C=O) groups excluding carboxylic acids is 1. The summed E-state index contributed by atoms with van der Waals surface area (Å²) in [5.74, 6) is -0.250. The first kappa shape index (κ1) is 22.0. The summed E-state index contributed by atoms with van der Waals surface area (Å²) in [5, 5.41) is 1.15. The van der Waals surface area contributed by atoms with Crippen molar-refractivity contribution in [2.75, 3.05) is 18.5 Å². The maximum atomic E-state index is 13.4. The molecule has 2 aliphatic rings. The molecule has 0 saturated carbocycles. The van der Waals surface area contributed by atoms with Crippen LogP contribution in [0.1, 0.15) is 64.5 Å². The molecule has 0 bridgehead atoms. The summed E-state index contributed by atoms with van der Waals surface area (Å²) in [7, 11) is 2.16. The van der Waals surface area contributed by atoms with Gasteiger partial charge in [-0.25, -0.2) is 4.79 Å². The number of para-hydroxylation sites is 1. The van der Waals surface area contributed by atoms with Crippen molar-refractivity contribution < 1.29 is 9.53 Å². The Morgan fingerprint density at radius 2 is 1.83 bits per heavy atom. The molecule has 4 nitrogen and oxygen atoms in total. The molecule has 0 aliphatic carbocycles. The number of fused-ring (bicyclic) bond motifs is 3. The lowest BCUT2D eigenvalue weighted by Gasteiger charge is -2.33. The van der Waals surface area contributed by atoms with E-state index in [1.807, 2.05) is 18.2 Å². The fourth-order valence-corrected chi connectivity index (χ4v) is 6.25. The number of esters is 1. The number of ether oxygens (including phenoxy) is 1. The Morgan fingerprint density at radius 1 is 1.03 bits per heavy atom. The van der Waals surface area contributed by atoms with Crippen molar-refractivity contribution in [2.45, 2.75) is 51.7 Å². The summed E-state index contributed by atoms with van der Waals surface area (Å²) < 4.78 is 8.96. The van der Waals surface area contributed by atoms with Gasteiger partial charge in [0.15, 0.2) is 5.60 Å². The maximum Gasteiger partial charge on any atom is 0.340 e. The number of aromatic nitrogens is 1. The van der Waals surface area contributed by atoms with E-state index >= 15 is 0 Å². The third kappa shape index (κ3) is 3.16. The fourth-order valence-electron chi connectivity index (χ4n) is 6.25. The van der Waals surface area contributed by atoms with E-state index in [4.69, 9.17) is 4.74 Å². The summed E-state index contributed by atoms with van der Waals surface area (Å²) in [4.78, 5) is 15.7. The van der Waals surface area contributed by atoms with Crippen LogP contribution in [0.2, 0.25) is 0 Å². The molecule has 1 unspecified atom stereocenters. The SMILES string of the molecule is CCCCn1c(C)c(C2(c3ccc4c(c3)CCCN4C)OC(=O)c3ccccc32)c2ccccc21. The van der Waals surface area contributed by atoms with Gasteiger partial charge in [0.25, 0.3) is 0 Å². The highest BCUT2D eigenvalue weighted by molar-refractivity contribution is 5.98. The Bertz CT molecular complexity index is 1450. The maximum absolute atomic E-state index is 13.4. The summed E-state index contributed by atoms with van der Waals surface area (Å²) in [6, 6.07) is 23.2. The predicted molar refractivity (Wildman–Crippen MR) is 141 cm³/mol. The van der Waals surface area contributed by atoms with Crippen molar-refractivity contribution >= 4 is 22.6 Å². The second-order valence-electron chi connectivity index (χ2n) is 9.97. The molecule has 4 aromatic rings. The van der Waals surface area contributed by atoms with Crippen LogP contribution in [0.15, 0.2) is 66.7 Å². The van der Waals surface area contributed by atoms with Crippen LogP contribution < -0.4 is 4.90 Å². The van der Waals surface area contributed by atoms with E-state index in [0.29, 0.717) is 5.56 Å². The van der Waals surface area contributed by atoms with Gasteiger partial charge in [0.05, 0.1) is 5.56 Å². The zero-order chi connectivity index (χ0) is 24.2. The lowest BCUT2D eigenvalue weighted by atomic mass is 9.77. The molecule has 35 heavy (non-hydrogen) atoms. The largest absolute Gasteiger partial charge is 0.440 e. The molecule has 3 aromatic carbocycles. The van der Waals surface area contributed by atoms with Gasteiger partial charge in [0.1, 0.15) is 0 Å². The molecule has 3 heterocycles. The van der Waals surface area contributed by atoms with E-state index in [0.717, 1.165) is 60.8 Å². The lowest BCUT2D eigenvalue weighted by molar-refractivity contribution is 0.0253. The van der Waals surface area contributed by atoms with E-state index in [2.05, 4.69) is 78.9 Å². The molecule has 178 valence electrons. The van der Waals surface area contributed by atoms with Crippen molar-refractivity contribution in [3.05, 3.63) is 100 Å². The van der Waals surface area contributed by atoms with Gasteiger partial charge in [0, 0.05) is 59.1 Å². The van der Waals surface area contributed by atoms with Crippen molar-refractivity contribution in [3.8, 4) is 0 Å². The molecular formula is C31H32N2O2. The number of unbranched alkanes of at least 4 members (excludes halogenated alkanes) is 1. The first-order valence-electron chi connectivity index (χ1n) is 12.8. The lowest BCUT2D eigenvalue weighted by Crippen LogP contribution is -2.31. The quantitative estimate of drug-likeness (QED) is 0.312. The standard InChI is InChI=1S/C31H32N2O2/c1-4-5-19-33-21(2)29(25-13-7-9-15-28(25)33)31(26-14-8-6-12-24(26)30(34)35-31)23-16-17-27-22(20-23)11-10-18-32(27)3/h6-9,12-17,20H,4-5,10-11,18-19H2,1-3H3. The molecule has 6 rings (SSSR count). The highest BCUT2D eigenvalue weighted by Crippen LogP contribution is 2.51. The van der Waals surface area contributed by atoms with E-state index in [9.17, 15) is 4.79 Å². The average Bonchev–Trinajstić information content (AvgIpc) is 3.34. The number of nitrogens with zero attached hydrogens (tertiary/aromatic N) is 2. The van der Waals surface area contributed by atoms with Gasteiger partial charge in [-0.05, 0) is 56.0 Å². The first-order chi connectivity index (χ1) is 17.1. The number of anilines is 1. The Hall–Kier alpha value is -3.53. The number of rotatable bonds is 5. The Labute approximate surface area is 207 Å². The average molecular weight is 465 g/mol. The van der Waals surface area contributed by atoms with Gasteiger partial charge in [-0.15, -0.1) is 0 Å². The normalized spacial score (nSPS) is 19.1. The predicted octanol–water partition coefficient (Wildman–Crippen LogP) is 6.59. The number of aryl methyl sites for hydroxylation is 2. The van der Waals surface area contributed by atoms with Crippen molar-refractivity contribution in [1.29, 1.82) is 0 Å². The topological polar surface area (TPSA) is 34.5 Å². The first-order valence-corrected chi connectivity index (χ1v) is 12.8. The molecule has 0 amide bonds. The minimum absolute atomic E-state index is 0.250. The highest BCUT2D eigenvalue weighted by atomic mass is 16.6. The van der Waals surface area contributed by atoms with Crippen LogP contribution in [-0.2, 0) is 23.3 Å². The molecular weight excluding hydrogens is 432 g/mol. The van der Waals surface area contributed by atoms with Crippen LogP contribution >= 0.6 is 0 Å². The second-order valence-corrected chi connectivity index (χ2v) is 9.97. The number of cyclic esters (lactones) is 1. The van der Waals surface area contributed by atoms with Crippen LogP contribution in [0, 0.1) is 6.92 Å². The molecule has 2 aliphatic heterocycles. The van der Waals surface area contributed by atoms with Crippen molar-refractivity contribution in [2.24, 2.45) is 0 Å². The number of carbonyl (C=O) groups is 1. The number of hydrogen-bond donors (Lipinski definition) is 0. The summed E-state index contributed by atoms with van der Waals surface area (Å²) in [6.45, 7) is 6.43. The summed E-state index contributed by atoms with van der Waals surface area (Å²) >= 11 is 0. The van der Waals surface area contributed by atoms with Gasteiger partial charge < -0.3 is 14.2 Å². The third-order valence-corrected chi connectivity index (χ3v) is 7.93. The van der Waals surface area contributed by atoms with Crippen LogP contribution in [-0.4, -0.2) is 24.1 Å². The molecule has 0 saturated heterocycles. The van der Waals surface area contributed by atoms with E-state index in [1.165, 1.54) is 22.5 Å². The Morgan fingerprint density at radius 3 is 2.69 bits per heavy atom. The van der Waals surface area contributed by atoms with Crippen molar-refractivity contribution in [1.82, 2.24) is 4.57 Å². The zero-order valence-electron chi connectivity index (χ0n) is 20.8. The number of hydrogen-bond acceptors (Lipinski definition) is 3. The fraction of sp³-hybridized carbons (Fsp3) is 0.323. The Balaban J connectivity index is 1.69. The molecule has 0 radical (unpaired) electrons. The molecule has 4 heteroatoms. The molecule has 0 fully saturated rings. The number of benzene rings is 3. The molecule has 0 spiro atoms. The van der Waals surface area contributed by atoms with Gasteiger partial charge in [0.2, 0.25) is 0 Å². The van der Waals surface area contributed by atoms with E-state index in [-0.39, 0.29) is 5.97 Å². The van der Waals surface area contributed by atoms with Gasteiger partial charge >= 0.3 is 5.97 Å². The van der Waals surface area contributed by atoms with E-state index < -0.39 is 5.60 Å². The van der Waals surface area contributed by atoms with Crippen LogP contribution in [0.25, 0.3) is 10.9 Å². The Kier molecular flexibility index (Phi) is 5.21. The summed E-state index contributed by atoms with van der Waals surface area (Å²) in [6.07, 6.45) is 4.40. The molecule has 1 aromatic heterocycles. The van der Waals surface area contributed by atoms with Gasteiger partial charge in [-0.1, -0.05) is 55.8 Å². The molecule has 1 atom stereocenters. The monoisotopic (exact) mass is 464 g/mol. The summed E-state index contributed by atoms with van der Waals surface area (Å²) in [5.41, 5.74) is 7.71. The van der Waals surface area contributed by atoms with Crippen LogP contribution in [0.5, 0.6) is 0 Å². The van der Waals surface area contributed by atoms with Crippen LogP contribution in [0.4, 0.5) is 5.69 Å². The third-order valence-electron chi connectivity index (χ3n) is 7.93. The zero-order valence-corrected chi connectivity index (χ0v) is 20.8. The van der Waals surface area contributed by atoms with Gasteiger partial charge in [-0.2, -0.15) is 0 Å². The van der Waals surface area contributed by atoms with Crippen LogP contribution in [0.3, 0.4) is 0 Å². The van der Waals surface area contributed by atoms with Gasteiger partial charge in [-0.3, -0.25) is 0 Å². The highest BCUT2D eigenvalue weighted by Gasteiger charge is 2.51. The second kappa shape index (κ2) is 8.30. The van der Waals surface area contributed by atoms with Crippen molar-refractivity contribution in [3.63, 3.8) is 0 Å². The smallest absolute Gasteiger partial charge is 0.340 e. The van der Waals surface area contributed by atoms with E-state index in [1.54, 1.807) is 0 Å².